The number of nitrogens with zero attached hydrogens (tertiary/aromatic N) is 1. The second-order valence-corrected chi connectivity index (χ2v) is 5.98. The smallest absolute Gasteiger partial charge is 0.387 e. The SMILES string of the molecule is FC(F)Oc1ccc(C2=NOC3(CCOC3)C2)cc1Oc1cc[nH]c1. The van der Waals surface area contributed by atoms with E-state index in [2.05, 4.69) is 14.9 Å². The number of benzene rings is 1. The lowest BCUT2D eigenvalue weighted by Crippen LogP contribution is -2.29. The van der Waals surface area contributed by atoms with Gasteiger partial charge in [-0.15, -0.1) is 0 Å². The van der Waals surface area contributed by atoms with Crippen molar-refractivity contribution >= 4 is 5.71 Å². The lowest BCUT2D eigenvalue weighted by Gasteiger charge is -2.17. The number of hydrogen-bond donors (Lipinski definition) is 1. The highest BCUT2D eigenvalue weighted by atomic mass is 19.3. The third-order valence-corrected chi connectivity index (χ3v) is 4.20. The molecule has 8 heteroatoms. The summed E-state index contributed by atoms with van der Waals surface area (Å²) in [4.78, 5) is 8.42. The number of halogens is 2. The van der Waals surface area contributed by atoms with Gasteiger partial charge in [-0.25, -0.2) is 0 Å². The zero-order chi connectivity index (χ0) is 17.3. The maximum Gasteiger partial charge on any atom is 0.387 e. The van der Waals surface area contributed by atoms with Crippen LogP contribution in [0.2, 0.25) is 0 Å². The summed E-state index contributed by atoms with van der Waals surface area (Å²) >= 11 is 0. The van der Waals surface area contributed by atoms with E-state index in [0.29, 0.717) is 25.4 Å². The molecule has 6 nitrogen and oxygen atoms in total. The zero-order valence-corrected chi connectivity index (χ0v) is 13.2. The van der Waals surface area contributed by atoms with Crippen LogP contribution in [-0.4, -0.2) is 36.1 Å². The fourth-order valence-corrected chi connectivity index (χ4v) is 2.94. The Morgan fingerprint density at radius 3 is 2.88 bits per heavy atom. The van der Waals surface area contributed by atoms with E-state index in [-0.39, 0.29) is 11.5 Å². The van der Waals surface area contributed by atoms with Crippen LogP contribution in [0.15, 0.2) is 41.8 Å². The van der Waals surface area contributed by atoms with Crippen LogP contribution in [0.4, 0.5) is 8.78 Å². The van der Waals surface area contributed by atoms with Gasteiger partial charge in [0.1, 0.15) is 5.75 Å². The van der Waals surface area contributed by atoms with Crippen molar-refractivity contribution in [2.24, 2.45) is 5.16 Å². The minimum Gasteiger partial charge on any atom is -0.452 e. The maximum absolute atomic E-state index is 12.6. The average molecular weight is 350 g/mol. The summed E-state index contributed by atoms with van der Waals surface area (Å²) in [7, 11) is 0. The number of hydrogen-bond acceptors (Lipinski definition) is 5. The van der Waals surface area contributed by atoms with E-state index < -0.39 is 12.2 Å². The number of alkyl halides is 2. The third-order valence-electron chi connectivity index (χ3n) is 4.20. The number of rotatable bonds is 5. The van der Waals surface area contributed by atoms with E-state index in [1.807, 2.05) is 0 Å². The minimum absolute atomic E-state index is 0.0432. The van der Waals surface area contributed by atoms with E-state index in [9.17, 15) is 8.78 Å². The van der Waals surface area contributed by atoms with Gasteiger partial charge in [0.15, 0.2) is 17.1 Å². The third kappa shape index (κ3) is 3.30. The average Bonchev–Trinajstić information content (AvgIpc) is 3.33. The molecule has 3 heterocycles. The van der Waals surface area contributed by atoms with Crippen LogP contribution in [-0.2, 0) is 9.57 Å². The van der Waals surface area contributed by atoms with Crippen LogP contribution < -0.4 is 9.47 Å². The van der Waals surface area contributed by atoms with Crippen molar-refractivity contribution in [2.45, 2.75) is 25.1 Å². The molecule has 1 fully saturated rings. The van der Waals surface area contributed by atoms with Crippen molar-refractivity contribution in [3.05, 3.63) is 42.2 Å². The predicted octanol–water partition coefficient (Wildman–Crippen LogP) is 3.69. The van der Waals surface area contributed by atoms with Crippen LogP contribution >= 0.6 is 0 Å². The molecular weight excluding hydrogens is 334 g/mol. The standard InChI is InChI=1S/C17H16F2N2O4/c18-16(19)24-14-2-1-11(7-15(14)23-12-3-5-20-9-12)13-8-17(25-21-13)4-6-22-10-17/h1-3,5,7,9,16,20H,4,6,8,10H2. The Morgan fingerprint density at radius 2 is 2.16 bits per heavy atom. The molecule has 2 aromatic rings. The fraction of sp³-hybridized carbons (Fsp3) is 0.353. The Hall–Kier alpha value is -2.61. The first-order chi connectivity index (χ1) is 12.1. The summed E-state index contributed by atoms with van der Waals surface area (Å²) in [6.45, 7) is -1.80. The van der Waals surface area contributed by atoms with Crippen molar-refractivity contribution in [3.63, 3.8) is 0 Å². The van der Waals surface area contributed by atoms with Crippen LogP contribution in [0.5, 0.6) is 17.2 Å². The number of ether oxygens (including phenoxy) is 3. The van der Waals surface area contributed by atoms with Gasteiger partial charge in [0.25, 0.3) is 0 Å². The van der Waals surface area contributed by atoms with Crippen LogP contribution in [0.1, 0.15) is 18.4 Å². The molecule has 0 amide bonds. The van der Waals surface area contributed by atoms with Crippen LogP contribution in [0, 0.1) is 0 Å². The van der Waals surface area contributed by atoms with Crippen LogP contribution in [0.25, 0.3) is 0 Å². The van der Waals surface area contributed by atoms with E-state index in [1.165, 1.54) is 6.07 Å². The molecule has 1 spiro atoms. The van der Waals surface area contributed by atoms with Gasteiger partial charge in [0.05, 0.1) is 18.9 Å². The Balaban J connectivity index is 1.60. The molecule has 1 saturated heterocycles. The molecular formula is C17H16F2N2O4. The summed E-state index contributed by atoms with van der Waals surface area (Å²) in [5.74, 6) is 0.628. The lowest BCUT2D eigenvalue weighted by molar-refractivity contribution is -0.0510. The van der Waals surface area contributed by atoms with Gasteiger partial charge in [-0.3, -0.25) is 0 Å². The number of aromatic nitrogens is 1. The maximum atomic E-state index is 12.6. The highest BCUT2D eigenvalue weighted by Gasteiger charge is 2.43. The van der Waals surface area contributed by atoms with Gasteiger partial charge in [0.2, 0.25) is 0 Å². The Kier molecular flexibility index (Phi) is 4.04. The molecule has 0 radical (unpaired) electrons. The van der Waals surface area contributed by atoms with Crippen molar-refractivity contribution in [1.29, 1.82) is 0 Å². The Labute approximate surface area is 142 Å². The molecule has 0 bridgehead atoms. The second kappa shape index (κ2) is 6.36. The molecule has 4 rings (SSSR count). The molecule has 1 unspecified atom stereocenters. The molecule has 1 aromatic carbocycles. The van der Waals surface area contributed by atoms with Crippen LogP contribution in [0.3, 0.4) is 0 Å². The first-order valence-corrected chi connectivity index (χ1v) is 7.86. The number of aromatic amines is 1. The second-order valence-electron chi connectivity index (χ2n) is 5.98. The van der Waals surface area contributed by atoms with E-state index in [1.54, 1.807) is 30.6 Å². The topological polar surface area (TPSA) is 65.1 Å². The first kappa shape index (κ1) is 15.9. The highest BCUT2D eigenvalue weighted by molar-refractivity contribution is 6.02. The summed E-state index contributed by atoms with van der Waals surface area (Å²) in [6.07, 6.45) is 4.66. The summed E-state index contributed by atoms with van der Waals surface area (Å²) in [6, 6.07) is 6.42. The van der Waals surface area contributed by atoms with Gasteiger partial charge in [-0.05, 0) is 24.3 Å². The monoisotopic (exact) mass is 350 g/mol. The van der Waals surface area contributed by atoms with Gasteiger partial charge in [-0.1, -0.05) is 5.16 Å². The molecule has 1 N–H and O–H groups in total. The van der Waals surface area contributed by atoms with Gasteiger partial charge in [-0.2, -0.15) is 8.78 Å². The summed E-state index contributed by atoms with van der Waals surface area (Å²) in [5.41, 5.74) is 1.05. The molecule has 2 aliphatic rings. The minimum atomic E-state index is -2.94. The molecule has 132 valence electrons. The van der Waals surface area contributed by atoms with Gasteiger partial charge >= 0.3 is 6.61 Å². The van der Waals surface area contributed by atoms with Gasteiger partial charge < -0.3 is 24.0 Å². The Bertz CT molecular complexity index is 771. The summed E-state index contributed by atoms with van der Waals surface area (Å²) in [5, 5.41) is 4.16. The quantitative estimate of drug-likeness (QED) is 0.893. The Morgan fingerprint density at radius 1 is 1.24 bits per heavy atom. The molecule has 1 atom stereocenters. The van der Waals surface area contributed by atoms with Crippen molar-refractivity contribution in [3.8, 4) is 17.2 Å². The number of H-pyrrole nitrogens is 1. The number of oxime groups is 1. The predicted molar refractivity (Wildman–Crippen MR) is 84.3 cm³/mol. The molecule has 1 aromatic heterocycles. The molecule has 0 aliphatic carbocycles. The van der Waals surface area contributed by atoms with E-state index in [0.717, 1.165) is 17.7 Å². The lowest BCUT2D eigenvalue weighted by atomic mass is 9.93. The van der Waals surface area contributed by atoms with Gasteiger partial charge in [0, 0.05) is 30.8 Å². The zero-order valence-electron chi connectivity index (χ0n) is 13.2. The molecule has 25 heavy (non-hydrogen) atoms. The first-order valence-electron chi connectivity index (χ1n) is 7.86. The molecule has 0 saturated carbocycles. The van der Waals surface area contributed by atoms with Crippen molar-refractivity contribution in [2.75, 3.05) is 13.2 Å². The van der Waals surface area contributed by atoms with Crippen molar-refractivity contribution in [1.82, 2.24) is 4.98 Å². The van der Waals surface area contributed by atoms with Crippen molar-refractivity contribution < 1.29 is 27.8 Å². The summed E-state index contributed by atoms with van der Waals surface area (Å²) < 4.78 is 40.9. The van der Waals surface area contributed by atoms with E-state index in [4.69, 9.17) is 14.3 Å². The highest BCUT2D eigenvalue weighted by Crippen LogP contribution is 2.37. The molecule has 2 aliphatic heterocycles. The largest absolute Gasteiger partial charge is 0.452 e. The fourth-order valence-electron chi connectivity index (χ4n) is 2.94. The number of nitrogens with one attached hydrogen (secondary N) is 1. The van der Waals surface area contributed by atoms with E-state index >= 15 is 0 Å². The normalized spacial score (nSPS) is 22.3.